The first kappa shape index (κ1) is 52.7. The SMILES string of the molecule is CC(C)(C)OC(=O)n1cc(C=O)c2ccc(Cl)cc21.CC(C)(C)OC(=O)n1cc(CBr)c2ccc(Cl)cc21.CC(C)(C)OC(=O)n1cc(CO)c2ccc(Cl)cc21.Clc1ccc2cc[nH]c2c1. The molecule has 0 bridgehead atoms. The number of hydrogen-bond acceptors (Lipinski definition) is 8. The van der Waals surface area contributed by atoms with Crippen molar-refractivity contribution in [3.63, 3.8) is 0 Å². The number of nitrogens with one attached hydrogen (secondary N) is 1. The Morgan fingerprint density at radius 1 is 0.582 bits per heavy atom. The number of carbonyl (C=O) groups excluding carboxylic acids is 4. The van der Waals surface area contributed by atoms with Crippen molar-refractivity contribution in [3.8, 4) is 0 Å². The van der Waals surface area contributed by atoms with E-state index in [1.165, 1.54) is 25.3 Å². The molecule has 17 heteroatoms. The maximum Gasteiger partial charge on any atom is 0.419 e. The van der Waals surface area contributed by atoms with E-state index >= 15 is 0 Å². The third-order valence-corrected chi connectivity index (χ3v) is 10.8. The molecule has 2 N–H and O–H groups in total. The number of aromatic nitrogens is 4. The number of rotatable bonds is 3. The third-order valence-electron chi connectivity index (χ3n) is 9.23. The lowest BCUT2D eigenvalue weighted by Gasteiger charge is -2.19. The van der Waals surface area contributed by atoms with Crippen LogP contribution in [0.2, 0.25) is 20.1 Å². The number of alkyl halides is 1. The number of carbonyl (C=O) groups is 4. The number of aromatic amines is 1. The molecule has 8 rings (SSSR count). The lowest BCUT2D eigenvalue weighted by molar-refractivity contribution is 0.0532. The van der Waals surface area contributed by atoms with Crippen LogP contribution in [-0.4, -0.2) is 65.2 Å². The zero-order valence-corrected chi connectivity index (χ0v) is 43.0. The fourth-order valence-electron chi connectivity index (χ4n) is 6.50. The third kappa shape index (κ3) is 14.1. The van der Waals surface area contributed by atoms with Crippen molar-refractivity contribution in [2.24, 2.45) is 0 Å². The lowest BCUT2D eigenvalue weighted by atomic mass is 10.2. The van der Waals surface area contributed by atoms with E-state index in [-0.39, 0.29) is 6.61 Å². The number of ether oxygens (including phenoxy) is 3. The molecule has 0 aliphatic carbocycles. The normalized spacial score (nSPS) is 11.6. The van der Waals surface area contributed by atoms with Crippen LogP contribution < -0.4 is 0 Å². The molecular formula is C50H51BrCl4N4O8. The van der Waals surface area contributed by atoms with Crippen LogP contribution in [0.25, 0.3) is 43.6 Å². The number of aliphatic hydroxyl groups excluding tert-OH is 1. The Bertz CT molecular complexity index is 2960. The standard InChI is InChI=1S/C14H15BrClNO2.C14H16ClNO3.C14H14ClNO3.C8H6ClN/c1-14(2,3)19-13(18)17-8-9(7-15)11-5-4-10(16)6-12(11)17;2*1-14(2,3)19-13(18)16-7-9(8-17)11-5-4-10(15)6-12(11)16;9-7-2-1-6-3-4-10-8(6)5-7/h4-6,8H,7H2,1-3H3;4-7,17H,8H2,1-3H3;4-8H,1-3H3;1-5,10H. The molecule has 0 saturated carbocycles. The first-order chi connectivity index (χ1) is 31.3. The molecule has 0 atom stereocenters. The van der Waals surface area contributed by atoms with Crippen LogP contribution in [-0.2, 0) is 26.1 Å². The molecule has 4 heterocycles. The van der Waals surface area contributed by atoms with Gasteiger partial charge < -0.3 is 24.3 Å². The van der Waals surface area contributed by atoms with Gasteiger partial charge in [-0.2, -0.15) is 0 Å². The Hall–Kier alpha value is -5.28. The molecule has 0 spiro atoms. The molecule has 12 nitrogen and oxygen atoms in total. The summed E-state index contributed by atoms with van der Waals surface area (Å²) in [5, 5.41) is 16.0. The molecule has 4 aromatic heterocycles. The van der Waals surface area contributed by atoms with Gasteiger partial charge in [0.2, 0.25) is 0 Å². The zero-order valence-electron chi connectivity index (χ0n) is 38.3. The van der Waals surface area contributed by atoms with Gasteiger partial charge in [-0.15, -0.1) is 0 Å². The van der Waals surface area contributed by atoms with Crippen LogP contribution in [0.1, 0.15) is 83.8 Å². The second-order valence-electron chi connectivity index (χ2n) is 18.0. The van der Waals surface area contributed by atoms with Crippen molar-refractivity contribution in [2.75, 3.05) is 0 Å². The minimum absolute atomic E-state index is 0.145. The van der Waals surface area contributed by atoms with Crippen LogP contribution in [0.5, 0.6) is 0 Å². The summed E-state index contributed by atoms with van der Waals surface area (Å²) in [6, 6.07) is 23.5. The Labute approximate surface area is 416 Å². The van der Waals surface area contributed by atoms with Crippen LogP contribution in [0.4, 0.5) is 14.4 Å². The van der Waals surface area contributed by atoms with Crippen LogP contribution >= 0.6 is 62.3 Å². The largest absolute Gasteiger partial charge is 0.443 e. The molecule has 0 saturated heterocycles. The van der Waals surface area contributed by atoms with Gasteiger partial charge in [0.15, 0.2) is 6.29 Å². The molecule has 0 aliphatic rings. The predicted octanol–water partition coefficient (Wildman–Crippen LogP) is 15.3. The lowest BCUT2D eigenvalue weighted by Crippen LogP contribution is -2.26. The Balaban J connectivity index is 0.000000171. The van der Waals surface area contributed by atoms with Crippen LogP contribution in [0.15, 0.2) is 104 Å². The summed E-state index contributed by atoms with van der Waals surface area (Å²) < 4.78 is 20.2. The number of H-pyrrole nitrogens is 1. The molecular weight excluding hydrogens is 1010 g/mol. The smallest absolute Gasteiger partial charge is 0.419 e. The summed E-state index contributed by atoms with van der Waals surface area (Å²) in [6.45, 7) is 16.1. The summed E-state index contributed by atoms with van der Waals surface area (Å²) in [7, 11) is 0. The highest BCUT2D eigenvalue weighted by Gasteiger charge is 2.23. The number of benzene rings is 4. The highest BCUT2D eigenvalue weighted by molar-refractivity contribution is 9.08. The number of fused-ring (bicyclic) bond motifs is 4. The minimum Gasteiger partial charge on any atom is -0.443 e. The van der Waals surface area contributed by atoms with Gasteiger partial charge in [0.1, 0.15) is 16.8 Å². The number of halogens is 5. The summed E-state index contributed by atoms with van der Waals surface area (Å²) in [4.78, 5) is 50.5. The molecule has 0 radical (unpaired) electrons. The fraction of sp³-hybridized carbons (Fsp3) is 0.280. The number of hydrogen-bond donors (Lipinski definition) is 2. The van der Waals surface area contributed by atoms with Gasteiger partial charge in [0, 0.05) is 83.0 Å². The van der Waals surface area contributed by atoms with Crippen molar-refractivity contribution in [3.05, 3.63) is 140 Å². The van der Waals surface area contributed by atoms with Gasteiger partial charge in [-0.3, -0.25) is 18.5 Å². The monoisotopic (exact) mass is 1050 g/mol. The average Bonchev–Trinajstić information content (AvgIpc) is 4.02. The van der Waals surface area contributed by atoms with Crippen molar-refractivity contribution >= 4 is 131 Å². The minimum atomic E-state index is -0.604. The van der Waals surface area contributed by atoms with E-state index in [4.69, 9.17) is 60.6 Å². The number of nitrogens with zero attached hydrogens (tertiary/aromatic N) is 3. The Morgan fingerprint density at radius 2 is 0.970 bits per heavy atom. The van der Waals surface area contributed by atoms with Gasteiger partial charge in [-0.25, -0.2) is 14.4 Å². The molecule has 0 fully saturated rings. The van der Waals surface area contributed by atoms with E-state index in [2.05, 4.69) is 20.9 Å². The van der Waals surface area contributed by atoms with E-state index in [1.54, 1.807) is 96.4 Å². The maximum absolute atomic E-state index is 12.2. The summed E-state index contributed by atoms with van der Waals surface area (Å²) >= 11 is 27.1. The van der Waals surface area contributed by atoms with Gasteiger partial charge in [0.05, 0.1) is 23.2 Å². The van der Waals surface area contributed by atoms with Crippen molar-refractivity contribution in [2.45, 2.75) is 91.1 Å². The van der Waals surface area contributed by atoms with E-state index in [0.29, 0.717) is 54.2 Å². The van der Waals surface area contributed by atoms with Gasteiger partial charge >= 0.3 is 18.3 Å². The molecule has 0 aliphatic heterocycles. The second-order valence-corrected chi connectivity index (χ2v) is 20.4. The predicted molar refractivity (Wildman–Crippen MR) is 273 cm³/mol. The van der Waals surface area contributed by atoms with Gasteiger partial charge in [-0.1, -0.05) is 86.6 Å². The summed E-state index contributed by atoms with van der Waals surface area (Å²) in [5.41, 5.74) is 3.45. The summed E-state index contributed by atoms with van der Waals surface area (Å²) in [6.07, 6.45) is 6.01. The fourth-order valence-corrected chi connectivity index (χ4v) is 7.62. The van der Waals surface area contributed by atoms with Crippen molar-refractivity contribution in [1.29, 1.82) is 0 Å². The second kappa shape index (κ2) is 21.8. The Kier molecular flexibility index (Phi) is 17.1. The first-order valence-electron chi connectivity index (χ1n) is 20.8. The van der Waals surface area contributed by atoms with Crippen molar-refractivity contribution in [1.82, 2.24) is 18.7 Å². The number of aldehydes is 1. The van der Waals surface area contributed by atoms with Crippen LogP contribution in [0.3, 0.4) is 0 Å². The quantitative estimate of drug-likeness (QED) is 0.101. The highest BCUT2D eigenvalue weighted by Crippen LogP contribution is 2.29. The van der Waals surface area contributed by atoms with Crippen LogP contribution in [0, 0.1) is 0 Å². The highest BCUT2D eigenvalue weighted by atomic mass is 79.9. The number of aliphatic hydroxyl groups is 1. The van der Waals surface area contributed by atoms with E-state index in [9.17, 15) is 24.3 Å². The first-order valence-corrected chi connectivity index (χ1v) is 23.4. The van der Waals surface area contributed by atoms with Crippen molar-refractivity contribution < 1.29 is 38.5 Å². The molecule has 4 aromatic carbocycles. The van der Waals surface area contributed by atoms with E-state index in [1.807, 2.05) is 63.4 Å². The topological polar surface area (TPSA) is 147 Å². The summed E-state index contributed by atoms with van der Waals surface area (Å²) in [5.74, 6) is 0. The van der Waals surface area contributed by atoms with Gasteiger partial charge in [0.25, 0.3) is 0 Å². The molecule has 8 aromatic rings. The molecule has 67 heavy (non-hydrogen) atoms. The zero-order chi connectivity index (χ0) is 49.6. The maximum atomic E-state index is 12.2. The molecule has 0 unspecified atom stereocenters. The van der Waals surface area contributed by atoms with E-state index < -0.39 is 35.1 Å². The average molecular weight is 1060 g/mol. The molecule has 354 valence electrons. The van der Waals surface area contributed by atoms with Gasteiger partial charge in [-0.05, 0) is 128 Å². The molecule has 0 amide bonds. The van der Waals surface area contributed by atoms with E-state index in [0.717, 1.165) is 32.4 Å². The Morgan fingerprint density at radius 3 is 1.40 bits per heavy atom.